The van der Waals surface area contributed by atoms with Crippen LogP contribution in [0.2, 0.25) is 5.02 Å². The van der Waals surface area contributed by atoms with Gasteiger partial charge in [-0.05, 0) is 104 Å². The average molecular weight is 682 g/mol. The average Bonchev–Trinajstić information content (AvgIpc) is 3.87. The zero-order chi connectivity index (χ0) is 33.2. The number of ether oxygens (including phenoxy) is 2. The lowest BCUT2D eigenvalue weighted by molar-refractivity contribution is -0.119. The van der Waals surface area contributed by atoms with Crippen molar-refractivity contribution in [1.82, 2.24) is 4.72 Å². The highest BCUT2D eigenvalue weighted by Gasteiger charge is 2.42. The Morgan fingerprint density at radius 2 is 2.04 bits per heavy atom. The molecule has 1 N–H and O–H groups in total. The van der Waals surface area contributed by atoms with E-state index in [9.17, 15) is 13.8 Å². The summed E-state index contributed by atoms with van der Waals surface area (Å²) < 4.78 is 33.6. The lowest BCUT2D eigenvalue weighted by atomic mass is 9.70. The monoisotopic (exact) mass is 681 g/mol. The molecule has 0 aromatic heterocycles. The van der Waals surface area contributed by atoms with Gasteiger partial charge in [0, 0.05) is 42.6 Å². The molecular formula is C37H48ClN3O5S. The number of nitrogens with zero attached hydrogens (tertiary/aromatic N) is 2. The van der Waals surface area contributed by atoms with Crippen molar-refractivity contribution in [2.45, 2.75) is 83.2 Å². The standard InChI is InChI=1S/C37H48ClN3O5S/c1-4-27-22-41-23-37(17-8-9-28-20-30(38)14-15-31(28)37)24-46-34-16-13-29(21-32(34)41)36(43)40-47(44,39-35(42)19-26-11-12-26)18-7-5-6-10-33(45-3)25(27)2/h6,10,13-16,20-21,25-27,33H,4-5,7-9,11-12,17-19,22-24H2,1-3H3,(H,39,40,42,43,44)/b10-6-/t25-,27+,33+,37+,47?/m1/s1. The Balaban J connectivity index is 1.43. The third kappa shape index (κ3) is 7.73. The fourth-order valence-corrected chi connectivity index (χ4v) is 9.48. The fraction of sp³-hybridized carbons (Fsp3) is 0.568. The van der Waals surface area contributed by atoms with E-state index in [0.29, 0.717) is 55.6 Å². The van der Waals surface area contributed by atoms with Crippen molar-refractivity contribution in [2.75, 3.05) is 37.5 Å². The van der Waals surface area contributed by atoms with Gasteiger partial charge in [0.05, 0.1) is 24.2 Å². The SMILES string of the molecule is CC[C@H]1CN2C[C@@]3(CCCc4cc(Cl)ccc43)COc3ccc(cc32)C(=O)N=S(=O)(NC(=O)CC2CC2)CCC/C=C\[C@H](OC)[C@@H]1C. The van der Waals surface area contributed by atoms with Gasteiger partial charge in [-0.3, -0.25) is 14.3 Å². The minimum atomic E-state index is -3.32. The number of carbonyl (C=O) groups is 2. The van der Waals surface area contributed by atoms with E-state index in [2.05, 4.69) is 52.1 Å². The molecule has 2 aliphatic heterocycles. The van der Waals surface area contributed by atoms with Gasteiger partial charge in [0.15, 0.2) is 0 Å². The van der Waals surface area contributed by atoms with Crippen LogP contribution in [-0.4, -0.2) is 54.7 Å². The zero-order valence-corrected chi connectivity index (χ0v) is 29.4. The second-order valence-electron chi connectivity index (χ2n) is 14.0. The number of aryl methyl sites for hydroxylation is 1. The van der Waals surface area contributed by atoms with Crippen LogP contribution in [0.4, 0.5) is 5.69 Å². The minimum absolute atomic E-state index is 0.0936. The van der Waals surface area contributed by atoms with Gasteiger partial charge < -0.3 is 14.4 Å². The molecule has 1 unspecified atom stereocenters. The summed E-state index contributed by atoms with van der Waals surface area (Å²) in [5.41, 5.74) is 3.45. The topological polar surface area (TPSA) is 97.3 Å². The Hall–Kier alpha value is -2.88. The first-order valence-corrected chi connectivity index (χ1v) is 19.3. The molecule has 1 fully saturated rings. The van der Waals surface area contributed by atoms with Gasteiger partial charge in [0.2, 0.25) is 5.91 Å². The number of methoxy groups -OCH3 is 1. The van der Waals surface area contributed by atoms with Gasteiger partial charge in [-0.25, -0.2) is 4.21 Å². The molecule has 5 atom stereocenters. The van der Waals surface area contributed by atoms with Crippen molar-refractivity contribution >= 4 is 39.0 Å². The quantitative estimate of drug-likeness (QED) is 0.333. The van der Waals surface area contributed by atoms with Crippen molar-refractivity contribution in [1.29, 1.82) is 0 Å². The van der Waals surface area contributed by atoms with Gasteiger partial charge in [0.1, 0.15) is 15.7 Å². The summed E-state index contributed by atoms with van der Waals surface area (Å²) in [4.78, 5) is 28.9. The number of amides is 2. The number of rotatable bonds is 5. The molecule has 0 saturated heterocycles. The van der Waals surface area contributed by atoms with Crippen LogP contribution in [0.15, 0.2) is 52.9 Å². The molecule has 10 heteroatoms. The molecule has 8 nitrogen and oxygen atoms in total. The van der Waals surface area contributed by atoms with Gasteiger partial charge >= 0.3 is 0 Å². The Kier molecular flexibility index (Phi) is 10.4. The van der Waals surface area contributed by atoms with Crippen LogP contribution < -0.4 is 14.4 Å². The summed E-state index contributed by atoms with van der Waals surface area (Å²) in [6.07, 6.45) is 11.5. The highest BCUT2D eigenvalue weighted by atomic mass is 35.5. The molecule has 1 saturated carbocycles. The van der Waals surface area contributed by atoms with E-state index in [1.807, 2.05) is 18.2 Å². The Morgan fingerprint density at radius 3 is 2.81 bits per heavy atom. The lowest BCUT2D eigenvalue weighted by Crippen LogP contribution is -2.47. The highest BCUT2D eigenvalue weighted by molar-refractivity contribution is 7.92. The molecule has 2 aromatic carbocycles. The number of carbonyl (C=O) groups excluding carboxylic acids is 2. The molecular weight excluding hydrogens is 634 g/mol. The van der Waals surface area contributed by atoms with Crippen molar-refractivity contribution in [2.24, 2.45) is 22.1 Å². The van der Waals surface area contributed by atoms with Crippen LogP contribution >= 0.6 is 11.6 Å². The molecule has 4 aliphatic rings. The molecule has 2 aliphatic carbocycles. The van der Waals surface area contributed by atoms with Gasteiger partial charge in [-0.2, -0.15) is 0 Å². The first-order chi connectivity index (χ1) is 22.6. The molecule has 6 rings (SSSR count). The Labute approximate surface area is 284 Å². The summed E-state index contributed by atoms with van der Waals surface area (Å²) in [7, 11) is -1.57. The normalized spacial score (nSPS) is 30.4. The summed E-state index contributed by atoms with van der Waals surface area (Å²) >= 11 is 6.45. The number of allylic oxidation sites excluding steroid dienone is 1. The molecule has 2 aromatic rings. The molecule has 2 amide bonds. The Bertz CT molecular complexity index is 1650. The number of nitrogens with one attached hydrogen (secondary N) is 1. The predicted molar refractivity (Wildman–Crippen MR) is 188 cm³/mol. The van der Waals surface area contributed by atoms with Crippen LogP contribution in [0.3, 0.4) is 0 Å². The second kappa shape index (κ2) is 14.3. The van der Waals surface area contributed by atoms with E-state index >= 15 is 0 Å². The summed E-state index contributed by atoms with van der Waals surface area (Å²) in [5.74, 6) is 0.733. The predicted octanol–water partition coefficient (Wildman–Crippen LogP) is 7.28. The molecule has 0 radical (unpaired) electrons. The first kappa shape index (κ1) is 34.0. The third-order valence-electron chi connectivity index (χ3n) is 10.6. The van der Waals surface area contributed by atoms with Gasteiger partial charge in [-0.15, -0.1) is 4.36 Å². The smallest absolute Gasteiger partial charge is 0.286 e. The minimum Gasteiger partial charge on any atom is -0.490 e. The van der Waals surface area contributed by atoms with Crippen LogP contribution in [0.1, 0.15) is 86.7 Å². The van der Waals surface area contributed by atoms with E-state index in [-0.39, 0.29) is 29.1 Å². The largest absolute Gasteiger partial charge is 0.490 e. The summed E-state index contributed by atoms with van der Waals surface area (Å²) in [6, 6.07) is 11.6. The number of halogens is 1. The highest BCUT2D eigenvalue weighted by Crippen LogP contribution is 2.45. The number of hydrogen-bond acceptors (Lipinski definition) is 6. The number of hydrogen-bond donors (Lipinski definition) is 1. The fourth-order valence-electron chi connectivity index (χ4n) is 7.67. The van der Waals surface area contributed by atoms with Crippen molar-refractivity contribution in [3.05, 3.63) is 70.3 Å². The molecule has 2 bridgehead atoms. The molecule has 2 heterocycles. The van der Waals surface area contributed by atoms with Crippen LogP contribution in [0.25, 0.3) is 0 Å². The lowest BCUT2D eigenvalue weighted by Gasteiger charge is -2.42. The Morgan fingerprint density at radius 1 is 1.21 bits per heavy atom. The van der Waals surface area contributed by atoms with Crippen molar-refractivity contribution in [3.8, 4) is 5.75 Å². The maximum absolute atomic E-state index is 14.1. The van der Waals surface area contributed by atoms with Crippen LogP contribution in [-0.2, 0) is 31.3 Å². The number of benzene rings is 2. The molecule has 1 spiro atoms. The van der Waals surface area contributed by atoms with E-state index in [1.165, 1.54) is 11.1 Å². The van der Waals surface area contributed by atoms with E-state index < -0.39 is 15.8 Å². The van der Waals surface area contributed by atoms with E-state index in [4.69, 9.17) is 21.1 Å². The van der Waals surface area contributed by atoms with Crippen LogP contribution in [0.5, 0.6) is 5.75 Å². The third-order valence-corrected chi connectivity index (χ3v) is 12.7. The van der Waals surface area contributed by atoms with E-state index in [0.717, 1.165) is 55.8 Å². The molecule has 254 valence electrons. The summed E-state index contributed by atoms with van der Waals surface area (Å²) in [5, 5.41) is 0.745. The van der Waals surface area contributed by atoms with E-state index in [1.54, 1.807) is 13.2 Å². The van der Waals surface area contributed by atoms with Gasteiger partial charge in [-0.1, -0.05) is 50.1 Å². The number of anilines is 1. The maximum Gasteiger partial charge on any atom is 0.286 e. The summed E-state index contributed by atoms with van der Waals surface area (Å²) in [6.45, 7) is 6.45. The van der Waals surface area contributed by atoms with Crippen molar-refractivity contribution < 1.29 is 23.3 Å². The number of fused-ring (bicyclic) bond motifs is 3. The first-order valence-electron chi connectivity index (χ1n) is 17.2. The zero-order valence-electron chi connectivity index (χ0n) is 27.8. The van der Waals surface area contributed by atoms with Gasteiger partial charge in [0.25, 0.3) is 5.91 Å². The maximum atomic E-state index is 14.1. The molecule has 47 heavy (non-hydrogen) atoms. The van der Waals surface area contributed by atoms with Crippen molar-refractivity contribution in [3.63, 3.8) is 0 Å². The second-order valence-corrected chi connectivity index (χ2v) is 16.5. The van der Waals surface area contributed by atoms with Crippen LogP contribution in [0, 0.1) is 17.8 Å².